The van der Waals surface area contributed by atoms with E-state index in [4.69, 9.17) is 10.5 Å². The van der Waals surface area contributed by atoms with Gasteiger partial charge >= 0.3 is 12.4 Å². The molecule has 0 saturated carbocycles. The molecule has 0 bridgehead atoms. The molecule has 42 heavy (non-hydrogen) atoms. The quantitative estimate of drug-likeness (QED) is 0.416. The van der Waals surface area contributed by atoms with Gasteiger partial charge in [0.05, 0.1) is 17.9 Å². The van der Waals surface area contributed by atoms with Gasteiger partial charge in [-0.3, -0.25) is 14.4 Å². The summed E-state index contributed by atoms with van der Waals surface area (Å²) in [6.07, 6.45) is -16.3. The van der Waals surface area contributed by atoms with E-state index in [9.17, 15) is 40.7 Å². The third-order valence-electron chi connectivity index (χ3n) is 7.09. The zero-order valence-corrected chi connectivity index (χ0v) is 22.4. The van der Waals surface area contributed by atoms with Crippen LogP contribution >= 0.6 is 0 Å². The number of para-hydroxylation sites is 1. The lowest BCUT2D eigenvalue weighted by Crippen LogP contribution is -2.52. The molecule has 4 rings (SSSR count). The number of anilines is 1. The summed E-state index contributed by atoms with van der Waals surface area (Å²) < 4.78 is 84.0. The molecular weight excluding hydrogens is 570 g/mol. The van der Waals surface area contributed by atoms with Gasteiger partial charge < -0.3 is 20.7 Å². The first-order chi connectivity index (χ1) is 19.6. The number of carbonyl (C=O) groups excluding carboxylic acids is 3. The van der Waals surface area contributed by atoms with Crippen molar-refractivity contribution in [1.82, 2.24) is 5.32 Å². The Labute approximate surface area is 236 Å². The molecule has 0 saturated heterocycles. The van der Waals surface area contributed by atoms with Crippen LogP contribution in [-0.2, 0) is 14.4 Å². The van der Waals surface area contributed by atoms with E-state index in [1.807, 2.05) is 13.0 Å². The average Bonchev–Trinajstić information content (AvgIpc) is 3.01. The van der Waals surface area contributed by atoms with Crippen LogP contribution in [0, 0.1) is 18.8 Å². The molecule has 14 heteroatoms. The summed E-state index contributed by atoms with van der Waals surface area (Å²) in [7, 11) is 0. The lowest BCUT2D eigenvalue weighted by atomic mass is 9.83. The highest BCUT2D eigenvalue weighted by Gasteiger charge is 2.42. The fourth-order valence-corrected chi connectivity index (χ4v) is 5.14. The number of hydrogen-bond acceptors (Lipinski definition) is 5. The number of alkyl halides is 6. The molecule has 0 unspecified atom stereocenters. The molecule has 2 aliphatic rings. The molecule has 2 aliphatic heterocycles. The van der Waals surface area contributed by atoms with E-state index in [1.165, 1.54) is 4.90 Å². The van der Waals surface area contributed by atoms with Crippen LogP contribution in [0.3, 0.4) is 0 Å². The topological polar surface area (TPSA) is 114 Å². The van der Waals surface area contributed by atoms with Crippen molar-refractivity contribution in [3.8, 4) is 5.75 Å². The Hall–Kier alpha value is -4.10. The van der Waals surface area contributed by atoms with E-state index >= 15 is 0 Å². The molecule has 3 atom stereocenters. The molecule has 0 aliphatic carbocycles. The largest absolute Gasteiger partial charge is 0.490 e. The molecule has 2 aromatic rings. The first-order valence-corrected chi connectivity index (χ1v) is 13.1. The third kappa shape index (κ3) is 7.21. The monoisotopic (exact) mass is 598 g/mol. The molecular formula is C28H28F6N4O4. The number of aliphatic imine (C=N–C) groups is 1. The molecule has 3 N–H and O–H groups in total. The molecule has 0 aromatic heterocycles. The van der Waals surface area contributed by atoms with Crippen molar-refractivity contribution in [1.29, 1.82) is 0 Å². The number of rotatable bonds is 9. The molecule has 8 nitrogen and oxygen atoms in total. The Morgan fingerprint density at radius 1 is 1.05 bits per heavy atom. The molecule has 2 heterocycles. The predicted molar refractivity (Wildman–Crippen MR) is 140 cm³/mol. The fourth-order valence-electron chi connectivity index (χ4n) is 5.14. The van der Waals surface area contributed by atoms with E-state index in [2.05, 4.69) is 10.3 Å². The number of amides is 3. The highest BCUT2D eigenvalue weighted by molar-refractivity contribution is 6.21. The predicted octanol–water partition coefficient (Wildman–Crippen LogP) is 4.42. The first-order valence-electron chi connectivity index (χ1n) is 13.1. The number of nitrogens with two attached hydrogens (primary N) is 1. The zero-order valence-electron chi connectivity index (χ0n) is 22.4. The summed E-state index contributed by atoms with van der Waals surface area (Å²) in [5.41, 5.74) is 7.86. The van der Waals surface area contributed by atoms with Crippen molar-refractivity contribution < 1.29 is 45.5 Å². The van der Waals surface area contributed by atoms with Crippen LogP contribution in [0.5, 0.6) is 5.75 Å². The van der Waals surface area contributed by atoms with E-state index in [1.54, 1.807) is 36.4 Å². The Bertz CT molecular complexity index is 1390. The lowest BCUT2D eigenvalue weighted by molar-refractivity contribution is -0.152. The summed E-state index contributed by atoms with van der Waals surface area (Å²) in [5.74, 6) is -6.73. The SMILES string of the molecule is Cc1cccc(C2=N[C@H](NC(=O)[C@H](CCC(F)(F)F)[C@H](CCC(F)(F)F)C(N)=O)C(=O)N3CCOc4cccc2c43)c1. The summed E-state index contributed by atoms with van der Waals surface area (Å²) in [6.45, 7) is 2.01. The minimum absolute atomic E-state index is 0.0683. The number of hydrogen-bond donors (Lipinski definition) is 2. The first kappa shape index (κ1) is 30.8. The van der Waals surface area contributed by atoms with Crippen LogP contribution in [0.2, 0.25) is 0 Å². The number of nitrogens with zero attached hydrogens (tertiary/aromatic N) is 2. The number of nitrogens with one attached hydrogen (secondary N) is 1. The van der Waals surface area contributed by atoms with Crippen molar-refractivity contribution in [3.05, 3.63) is 59.2 Å². The summed E-state index contributed by atoms with van der Waals surface area (Å²) in [6, 6.07) is 12.1. The van der Waals surface area contributed by atoms with Crippen molar-refractivity contribution in [3.63, 3.8) is 0 Å². The highest BCUT2D eigenvalue weighted by Crippen LogP contribution is 2.39. The van der Waals surface area contributed by atoms with Crippen LogP contribution in [0.25, 0.3) is 0 Å². The van der Waals surface area contributed by atoms with Gasteiger partial charge in [-0.2, -0.15) is 26.3 Å². The summed E-state index contributed by atoms with van der Waals surface area (Å²) in [4.78, 5) is 45.2. The number of ether oxygens (including phenoxy) is 1. The van der Waals surface area contributed by atoms with E-state index in [0.29, 0.717) is 22.6 Å². The number of carbonyl (C=O) groups is 3. The third-order valence-corrected chi connectivity index (χ3v) is 7.09. The van der Waals surface area contributed by atoms with Gasteiger partial charge in [0.2, 0.25) is 18.0 Å². The Morgan fingerprint density at radius 3 is 2.31 bits per heavy atom. The maximum Gasteiger partial charge on any atom is 0.389 e. The van der Waals surface area contributed by atoms with Crippen molar-refractivity contribution in [2.24, 2.45) is 22.6 Å². The maximum atomic E-state index is 13.7. The molecule has 226 valence electrons. The second-order valence-corrected chi connectivity index (χ2v) is 10.2. The second-order valence-electron chi connectivity index (χ2n) is 10.2. The van der Waals surface area contributed by atoms with Gasteiger partial charge in [-0.05, 0) is 31.9 Å². The minimum atomic E-state index is -4.77. The van der Waals surface area contributed by atoms with Gasteiger partial charge in [0.15, 0.2) is 0 Å². The van der Waals surface area contributed by atoms with Gasteiger partial charge in [-0.1, -0.05) is 35.9 Å². The Kier molecular flexibility index (Phi) is 8.83. The smallest absolute Gasteiger partial charge is 0.389 e. The van der Waals surface area contributed by atoms with Crippen molar-refractivity contribution >= 4 is 29.1 Å². The standard InChI is InChI=1S/C28H28F6N4O4/c1-15-4-2-5-16(14-15)21-19-6-3-7-20-22(19)38(12-13-42-20)26(41)24(36-21)37-25(40)18(9-11-28(32,33)34)17(23(35)39)8-10-27(29,30)31/h2-7,14,17-18,24H,8-13H2,1H3,(H2,35,39)(H,37,40)/t17-,18+,24+/m0/s1. The Balaban J connectivity index is 1.75. The number of primary amides is 1. The number of halogens is 6. The van der Waals surface area contributed by atoms with Gasteiger partial charge in [-0.25, -0.2) is 4.99 Å². The highest BCUT2D eigenvalue weighted by atomic mass is 19.4. The van der Waals surface area contributed by atoms with Crippen LogP contribution in [0.15, 0.2) is 47.5 Å². The molecule has 0 radical (unpaired) electrons. The van der Waals surface area contributed by atoms with Gasteiger partial charge in [-0.15, -0.1) is 0 Å². The van der Waals surface area contributed by atoms with E-state index in [-0.39, 0.29) is 18.9 Å². The van der Waals surface area contributed by atoms with Crippen LogP contribution in [-0.4, -0.2) is 55.1 Å². The van der Waals surface area contributed by atoms with Crippen molar-refractivity contribution in [2.75, 3.05) is 18.1 Å². The number of aryl methyl sites for hydroxylation is 1. The Morgan fingerprint density at radius 2 is 1.69 bits per heavy atom. The average molecular weight is 599 g/mol. The molecule has 2 aromatic carbocycles. The second kappa shape index (κ2) is 12.0. The molecule has 0 spiro atoms. The van der Waals surface area contributed by atoms with Gasteiger partial charge in [0.25, 0.3) is 5.91 Å². The molecule has 3 amide bonds. The molecule has 0 fully saturated rings. The summed E-state index contributed by atoms with van der Waals surface area (Å²) >= 11 is 0. The van der Waals surface area contributed by atoms with Crippen molar-refractivity contribution in [2.45, 2.75) is 51.1 Å². The van der Waals surface area contributed by atoms with Crippen LogP contribution < -0.4 is 20.7 Å². The normalized spacial score (nSPS) is 18.3. The zero-order chi connectivity index (χ0) is 30.8. The van der Waals surface area contributed by atoms with Crippen LogP contribution in [0.4, 0.5) is 32.0 Å². The van der Waals surface area contributed by atoms with E-state index < -0.39 is 73.8 Å². The fraction of sp³-hybridized carbons (Fsp3) is 0.429. The minimum Gasteiger partial charge on any atom is -0.490 e. The number of benzene rings is 2. The van der Waals surface area contributed by atoms with Gasteiger partial charge in [0, 0.05) is 35.8 Å². The summed E-state index contributed by atoms with van der Waals surface area (Å²) in [5, 5.41) is 2.32. The van der Waals surface area contributed by atoms with Gasteiger partial charge in [0.1, 0.15) is 12.4 Å². The van der Waals surface area contributed by atoms with E-state index in [0.717, 1.165) is 5.56 Å². The maximum absolute atomic E-state index is 13.7. The lowest BCUT2D eigenvalue weighted by Gasteiger charge is -2.31. The van der Waals surface area contributed by atoms with Crippen LogP contribution in [0.1, 0.15) is 42.4 Å².